The Hall–Kier alpha value is -4.55. The fraction of sp³-hybridized carbons (Fsp3) is 0.229. The Labute approximate surface area is 242 Å². The first-order chi connectivity index (χ1) is 19.9. The number of hydrogen-bond acceptors (Lipinski definition) is 5. The minimum absolute atomic E-state index is 0.147. The molecule has 1 atom stereocenters. The molecule has 0 bridgehead atoms. The molecule has 5 rings (SSSR count). The summed E-state index contributed by atoms with van der Waals surface area (Å²) in [5, 5.41) is 11.0. The van der Waals surface area contributed by atoms with Crippen LogP contribution in [0.4, 0.5) is 17.3 Å². The summed E-state index contributed by atoms with van der Waals surface area (Å²) >= 11 is 0. The molecule has 1 aromatic heterocycles. The van der Waals surface area contributed by atoms with E-state index in [-0.39, 0.29) is 5.91 Å². The molecule has 41 heavy (non-hydrogen) atoms. The molecule has 1 amide bonds. The van der Waals surface area contributed by atoms with Crippen LogP contribution in [0.2, 0.25) is 0 Å². The van der Waals surface area contributed by atoms with Gasteiger partial charge in [0.2, 0.25) is 5.95 Å². The highest BCUT2D eigenvalue weighted by Crippen LogP contribution is 2.28. The van der Waals surface area contributed by atoms with Gasteiger partial charge in [0.15, 0.2) is 0 Å². The van der Waals surface area contributed by atoms with Crippen molar-refractivity contribution in [1.82, 2.24) is 15.3 Å². The van der Waals surface area contributed by atoms with Crippen LogP contribution >= 0.6 is 0 Å². The number of nitrogens with zero attached hydrogens (tertiary/aromatic N) is 2. The topological polar surface area (TPSA) is 78.9 Å². The number of hydrogen-bond donors (Lipinski definition) is 3. The largest absolute Gasteiger partial charge is 0.324 e. The summed E-state index contributed by atoms with van der Waals surface area (Å²) in [6.45, 7) is 9.46. The van der Waals surface area contributed by atoms with Gasteiger partial charge in [-0.05, 0) is 73.7 Å². The highest BCUT2D eigenvalue weighted by atomic mass is 16.1. The first-order valence-electron chi connectivity index (χ1n) is 14.2. The molecule has 208 valence electrons. The monoisotopic (exact) mass is 543 g/mol. The lowest BCUT2D eigenvalue weighted by atomic mass is 10.0. The maximum absolute atomic E-state index is 13.1. The second-order valence-corrected chi connectivity index (χ2v) is 11.0. The van der Waals surface area contributed by atoms with Crippen LogP contribution in [0, 0.1) is 12.8 Å². The van der Waals surface area contributed by atoms with Crippen molar-refractivity contribution in [2.75, 3.05) is 10.6 Å². The normalized spacial score (nSPS) is 11.9. The smallest absolute Gasteiger partial charge is 0.255 e. The highest BCUT2D eigenvalue weighted by molar-refractivity contribution is 6.05. The molecule has 0 saturated carbocycles. The summed E-state index contributed by atoms with van der Waals surface area (Å²) in [7, 11) is 0. The van der Waals surface area contributed by atoms with Crippen molar-refractivity contribution in [1.29, 1.82) is 0 Å². The third kappa shape index (κ3) is 7.16. The summed E-state index contributed by atoms with van der Waals surface area (Å²) in [6, 6.07) is 32.1. The Balaban J connectivity index is 1.28. The second-order valence-electron chi connectivity index (χ2n) is 11.0. The van der Waals surface area contributed by atoms with Crippen LogP contribution in [-0.4, -0.2) is 21.9 Å². The summed E-state index contributed by atoms with van der Waals surface area (Å²) < 4.78 is 0. The van der Waals surface area contributed by atoms with Gasteiger partial charge in [-0.25, -0.2) is 9.97 Å². The molecule has 0 aliphatic carbocycles. The lowest BCUT2D eigenvalue weighted by Gasteiger charge is -2.17. The van der Waals surface area contributed by atoms with E-state index in [9.17, 15) is 4.79 Å². The van der Waals surface area contributed by atoms with E-state index in [2.05, 4.69) is 54.9 Å². The molecule has 0 aliphatic heterocycles. The first-order valence-corrected chi connectivity index (χ1v) is 14.2. The van der Waals surface area contributed by atoms with E-state index >= 15 is 0 Å². The van der Waals surface area contributed by atoms with Gasteiger partial charge in [0.1, 0.15) is 0 Å². The molecule has 0 fully saturated rings. The van der Waals surface area contributed by atoms with Crippen molar-refractivity contribution in [3.8, 4) is 11.3 Å². The lowest BCUT2D eigenvalue weighted by molar-refractivity contribution is 0.102. The molecule has 0 aliphatic rings. The van der Waals surface area contributed by atoms with E-state index in [1.54, 1.807) is 0 Å². The summed E-state index contributed by atoms with van der Waals surface area (Å²) in [6.07, 6.45) is 1.13. The number of aryl methyl sites for hydroxylation is 1. The molecule has 1 heterocycles. The molecule has 5 aromatic rings. The fourth-order valence-corrected chi connectivity index (χ4v) is 4.97. The summed E-state index contributed by atoms with van der Waals surface area (Å²) in [5.74, 6) is 1.01. The molecule has 0 radical (unpaired) electrons. The number of aromatic nitrogens is 2. The molecule has 4 aromatic carbocycles. The van der Waals surface area contributed by atoms with E-state index in [4.69, 9.17) is 9.97 Å². The number of nitrogens with one attached hydrogen (secondary N) is 3. The fourth-order valence-electron chi connectivity index (χ4n) is 4.97. The Bertz CT molecular complexity index is 1630. The Morgan fingerprint density at radius 3 is 2.32 bits per heavy atom. The zero-order valence-corrected chi connectivity index (χ0v) is 24.1. The summed E-state index contributed by atoms with van der Waals surface area (Å²) in [5.41, 5.74) is 7.14. The number of amides is 1. The number of rotatable bonds is 10. The highest BCUT2D eigenvalue weighted by Gasteiger charge is 2.12. The molecule has 3 N–H and O–H groups in total. The average Bonchev–Trinajstić information content (AvgIpc) is 2.97. The number of anilines is 3. The maximum Gasteiger partial charge on any atom is 0.255 e. The molecule has 1 unspecified atom stereocenters. The minimum atomic E-state index is -0.147. The van der Waals surface area contributed by atoms with Gasteiger partial charge in [-0.2, -0.15) is 0 Å². The zero-order chi connectivity index (χ0) is 28.8. The van der Waals surface area contributed by atoms with E-state index < -0.39 is 0 Å². The van der Waals surface area contributed by atoms with Gasteiger partial charge in [-0.15, -0.1) is 0 Å². The van der Waals surface area contributed by atoms with Crippen LogP contribution in [0.15, 0.2) is 97.1 Å². The van der Waals surface area contributed by atoms with E-state index in [1.807, 2.05) is 85.8 Å². The molecule has 6 nitrogen and oxygen atoms in total. The third-order valence-corrected chi connectivity index (χ3v) is 7.08. The van der Waals surface area contributed by atoms with Gasteiger partial charge in [-0.1, -0.05) is 74.5 Å². The second kappa shape index (κ2) is 12.7. The van der Waals surface area contributed by atoms with Gasteiger partial charge in [0.25, 0.3) is 5.91 Å². The molecule has 6 heteroatoms. The molecular weight excluding hydrogens is 506 g/mol. The predicted octanol–water partition coefficient (Wildman–Crippen LogP) is 8.13. The molecule has 0 spiro atoms. The summed E-state index contributed by atoms with van der Waals surface area (Å²) in [4.78, 5) is 22.7. The molecule has 0 saturated heterocycles. The van der Waals surface area contributed by atoms with Gasteiger partial charge < -0.3 is 16.0 Å². The maximum atomic E-state index is 13.1. The van der Waals surface area contributed by atoms with Crippen LogP contribution in [0.1, 0.15) is 48.7 Å². The number of fused-ring (bicyclic) bond motifs is 1. The van der Waals surface area contributed by atoms with Crippen molar-refractivity contribution in [2.45, 2.75) is 46.7 Å². The van der Waals surface area contributed by atoms with Crippen molar-refractivity contribution in [3.05, 3.63) is 114 Å². The van der Waals surface area contributed by atoms with Crippen LogP contribution in [0.3, 0.4) is 0 Å². The van der Waals surface area contributed by atoms with Crippen molar-refractivity contribution < 1.29 is 4.79 Å². The van der Waals surface area contributed by atoms with E-state index in [0.717, 1.165) is 57.6 Å². The Morgan fingerprint density at radius 2 is 1.56 bits per heavy atom. The minimum Gasteiger partial charge on any atom is -0.324 e. The number of para-hydroxylation sites is 1. The SMILES string of the molecule is Cc1ccc(CNC(C)CC(C)C)cc1NC(=O)c1ccc(Nc2nc(-c3ccccc3)c3ccccc3n2)cc1. The quantitative estimate of drug-likeness (QED) is 0.166. The van der Waals surface area contributed by atoms with Crippen LogP contribution in [0.5, 0.6) is 0 Å². The van der Waals surface area contributed by atoms with Crippen LogP contribution in [-0.2, 0) is 6.54 Å². The lowest BCUT2D eigenvalue weighted by Crippen LogP contribution is -2.26. The number of carbonyl (C=O) groups is 1. The standard InChI is InChI=1S/C35H37N5O/c1-23(2)20-25(4)36-22-26-15-14-24(3)32(21-26)38-34(41)28-16-18-29(19-17-28)37-35-39-31-13-9-8-12-30(31)33(40-35)27-10-6-5-7-11-27/h5-19,21,23,25,36H,20,22H2,1-4H3,(H,38,41)(H,37,39,40). The van der Waals surface area contributed by atoms with Gasteiger partial charge in [0.05, 0.1) is 11.2 Å². The average molecular weight is 544 g/mol. The third-order valence-electron chi connectivity index (χ3n) is 7.08. The zero-order valence-electron chi connectivity index (χ0n) is 24.1. The van der Waals surface area contributed by atoms with Crippen LogP contribution < -0.4 is 16.0 Å². The van der Waals surface area contributed by atoms with Crippen molar-refractivity contribution >= 4 is 34.1 Å². The van der Waals surface area contributed by atoms with Gasteiger partial charge >= 0.3 is 0 Å². The van der Waals surface area contributed by atoms with Crippen molar-refractivity contribution in [2.24, 2.45) is 5.92 Å². The van der Waals surface area contributed by atoms with Crippen molar-refractivity contribution in [3.63, 3.8) is 0 Å². The van der Waals surface area contributed by atoms with E-state index in [0.29, 0.717) is 23.5 Å². The van der Waals surface area contributed by atoms with E-state index in [1.165, 1.54) is 0 Å². The Kier molecular flexibility index (Phi) is 8.70. The van der Waals surface area contributed by atoms with Gasteiger partial charge in [-0.3, -0.25) is 4.79 Å². The predicted molar refractivity (Wildman–Crippen MR) is 170 cm³/mol. The van der Waals surface area contributed by atoms with Gasteiger partial charge in [0, 0.05) is 40.5 Å². The number of benzene rings is 4. The van der Waals surface area contributed by atoms with Crippen LogP contribution in [0.25, 0.3) is 22.2 Å². The number of carbonyl (C=O) groups excluding carboxylic acids is 1. The Morgan fingerprint density at radius 1 is 0.829 bits per heavy atom. The first kappa shape index (κ1) is 28.0. The molecular formula is C35H37N5O.